The van der Waals surface area contributed by atoms with Gasteiger partial charge in [0.2, 0.25) is 0 Å². The molecule has 0 fully saturated rings. The van der Waals surface area contributed by atoms with E-state index in [0.717, 1.165) is 36.9 Å². The number of nitrogens with one attached hydrogen (secondary N) is 2. The summed E-state index contributed by atoms with van der Waals surface area (Å²) < 4.78 is 1.89. The molecule has 0 spiro atoms. The minimum Gasteiger partial charge on any atom is -0.356 e. The monoisotopic (exact) mass is 371 g/mol. The Morgan fingerprint density at radius 3 is 2.59 bits per heavy atom. The molecule has 27 heavy (non-hydrogen) atoms. The van der Waals surface area contributed by atoms with Crippen LogP contribution in [0.4, 0.5) is 0 Å². The second-order valence-corrected chi connectivity index (χ2v) is 7.12. The van der Waals surface area contributed by atoms with Crippen LogP contribution in [0.2, 0.25) is 0 Å². The van der Waals surface area contributed by atoms with Crippen LogP contribution >= 0.6 is 0 Å². The van der Waals surface area contributed by atoms with Crippen LogP contribution in [0.3, 0.4) is 0 Å². The third kappa shape index (κ3) is 6.67. The Hall–Kier alpha value is -2.41. The van der Waals surface area contributed by atoms with Crippen molar-refractivity contribution in [3.63, 3.8) is 0 Å². The summed E-state index contributed by atoms with van der Waals surface area (Å²) in [6.07, 6.45) is 8.28. The predicted molar refractivity (Wildman–Crippen MR) is 111 cm³/mol. The van der Waals surface area contributed by atoms with Crippen molar-refractivity contribution >= 4 is 5.96 Å². The summed E-state index contributed by atoms with van der Waals surface area (Å²) in [5, 5.41) is 6.76. The number of rotatable bonds is 9. The Balaban J connectivity index is 1.78. The molecule has 0 aromatic carbocycles. The first kappa shape index (κ1) is 20.9. The predicted octanol–water partition coefficient (Wildman–Crippen LogP) is 2.44. The first-order valence-corrected chi connectivity index (χ1v) is 9.64. The Morgan fingerprint density at radius 1 is 1.19 bits per heavy atom. The molecule has 0 saturated carbocycles. The van der Waals surface area contributed by atoms with Gasteiger partial charge >= 0.3 is 0 Å². The number of aliphatic imine (C=N–C) groups is 1. The summed E-state index contributed by atoms with van der Waals surface area (Å²) in [6.45, 7) is 11.7. The van der Waals surface area contributed by atoms with Crippen molar-refractivity contribution in [3.8, 4) is 5.82 Å². The maximum absolute atomic E-state index is 4.38. The summed E-state index contributed by atoms with van der Waals surface area (Å²) in [6, 6.07) is 5.19. The molecule has 7 nitrogen and oxygen atoms in total. The molecule has 7 heteroatoms. The Bertz CT molecular complexity index is 684. The highest BCUT2D eigenvalue weighted by Gasteiger charge is 2.12. The van der Waals surface area contributed by atoms with Crippen LogP contribution in [0, 0.1) is 0 Å². The van der Waals surface area contributed by atoms with Gasteiger partial charge in [-0.1, -0.05) is 0 Å². The lowest BCUT2D eigenvalue weighted by Gasteiger charge is -2.30. The van der Waals surface area contributed by atoms with E-state index in [1.54, 1.807) is 19.6 Å². The van der Waals surface area contributed by atoms with E-state index < -0.39 is 0 Å². The number of hydrogen-bond donors (Lipinski definition) is 2. The highest BCUT2D eigenvalue weighted by Crippen LogP contribution is 2.07. The van der Waals surface area contributed by atoms with Gasteiger partial charge in [0.15, 0.2) is 5.96 Å². The van der Waals surface area contributed by atoms with Crippen molar-refractivity contribution in [2.45, 2.75) is 52.7 Å². The molecule has 0 bridgehead atoms. The molecule has 2 heterocycles. The third-order valence-corrected chi connectivity index (χ3v) is 4.47. The fourth-order valence-electron chi connectivity index (χ4n) is 3.09. The second-order valence-electron chi connectivity index (χ2n) is 7.12. The van der Waals surface area contributed by atoms with E-state index in [9.17, 15) is 0 Å². The van der Waals surface area contributed by atoms with Gasteiger partial charge in [-0.15, -0.1) is 0 Å². The maximum Gasteiger partial charge on any atom is 0.191 e. The Kier molecular flexibility index (Phi) is 8.26. The van der Waals surface area contributed by atoms with E-state index in [1.165, 1.54) is 0 Å². The van der Waals surface area contributed by atoms with Crippen molar-refractivity contribution in [3.05, 3.63) is 42.6 Å². The van der Waals surface area contributed by atoms with Gasteiger partial charge in [0.1, 0.15) is 12.1 Å². The molecule has 2 rings (SSSR count). The Labute approximate surface area is 162 Å². The molecule has 0 amide bonds. The van der Waals surface area contributed by atoms with E-state index in [1.807, 2.05) is 29.1 Å². The Morgan fingerprint density at radius 2 is 1.96 bits per heavy atom. The zero-order chi connectivity index (χ0) is 19.6. The maximum atomic E-state index is 4.38. The molecule has 148 valence electrons. The highest BCUT2D eigenvalue weighted by atomic mass is 15.2. The minimum absolute atomic E-state index is 0.568. The van der Waals surface area contributed by atoms with Crippen LogP contribution in [0.15, 0.2) is 42.0 Å². The summed E-state index contributed by atoms with van der Waals surface area (Å²) in [4.78, 5) is 15.3. The first-order chi connectivity index (χ1) is 13.0. The van der Waals surface area contributed by atoms with Crippen molar-refractivity contribution in [1.82, 2.24) is 30.1 Å². The quantitative estimate of drug-likeness (QED) is 0.402. The van der Waals surface area contributed by atoms with E-state index >= 15 is 0 Å². The van der Waals surface area contributed by atoms with Gasteiger partial charge in [-0.2, -0.15) is 0 Å². The van der Waals surface area contributed by atoms with Gasteiger partial charge < -0.3 is 10.6 Å². The lowest BCUT2D eigenvalue weighted by Crippen LogP contribution is -2.41. The normalized spacial score (nSPS) is 12.2. The summed E-state index contributed by atoms with van der Waals surface area (Å²) >= 11 is 0. The van der Waals surface area contributed by atoms with Crippen LogP contribution in [-0.2, 0) is 6.54 Å². The molecule has 0 radical (unpaired) electrons. The van der Waals surface area contributed by atoms with Crippen LogP contribution < -0.4 is 10.6 Å². The molecule has 2 aromatic rings. The van der Waals surface area contributed by atoms with Gasteiger partial charge in [-0.3, -0.25) is 14.5 Å². The smallest absolute Gasteiger partial charge is 0.191 e. The number of aromatic nitrogens is 3. The molecule has 2 N–H and O–H groups in total. The lowest BCUT2D eigenvalue weighted by atomic mass is 10.2. The molecular weight excluding hydrogens is 338 g/mol. The van der Waals surface area contributed by atoms with E-state index in [-0.39, 0.29) is 0 Å². The summed E-state index contributed by atoms with van der Waals surface area (Å²) in [5.74, 6) is 1.67. The second kappa shape index (κ2) is 10.7. The molecule has 0 unspecified atom stereocenters. The van der Waals surface area contributed by atoms with Gasteiger partial charge in [-0.25, -0.2) is 9.97 Å². The highest BCUT2D eigenvalue weighted by molar-refractivity contribution is 5.79. The van der Waals surface area contributed by atoms with Gasteiger partial charge in [0, 0.05) is 57.4 Å². The van der Waals surface area contributed by atoms with Crippen molar-refractivity contribution in [2.24, 2.45) is 4.99 Å². The number of pyridine rings is 1. The molecule has 0 saturated heterocycles. The largest absolute Gasteiger partial charge is 0.356 e. The molecule has 2 aromatic heterocycles. The van der Waals surface area contributed by atoms with Crippen LogP contribution in [0.25, 0.3) is 5.82 Å². The van der Waals surface area contributed by atoms with Crippen LogP contribution in [0.5, 0.6) is 0 Å². The number of imidazole rings is 1. The summed E-state index contributed by atoms with van der Waals surface area (Å²) in [7, 11) is 1.80. The SMILES string of the molecule is CN=C(NCCCN(C(C)C)C(C)C)NCc1ccnc(-n2ccnc2)c1. The fraction of sp³-hybridized carbons (Fsp3) is 0.550. The lowest BCUT2D eigenvalue weighted by molar-refractivity contribution is 0.173. The number of nitrogens with zero attached hydrogens (tertiary/aromatic N) is 5. The first-order valence-electron chi connectivity index (χ1n) is 9.64. The fourth-order valence-corrected chi connectivity index (χ4v) is 3.09. The van der Waals surface area contributed by atoms with Gasteiger partial charge in [-0.05, 0) is 51.8 Å². The van der Waals surface area contributed by atoms with Gasteiger partial charge in [0.05, 0.1) is 0 Å². The van der Waals surface area contributed by atoms with Gasteiger partial charge in [0.25, 0.3) is 0 Å². The number of hydrogen-bond acceptors (Lipinski definition) is 4. The average molecular weight is 372 g/mol. The standard InChI is InChI=1S/C20H33N7/c1-16(2)27(17(3)4)11-6-8-24-20(21-5)25-14-18-7-9-23-19(13-18)26-12-10-22-15-26/h7,9-10,12-13,15-17H,6,8,11,14H2,1-5H3,(H2,21,24,25). The van der Waals surface area contributed by atoms with Crippen LogP contribution in [-0.4, -0.2) is 57.6 Å². The molecular formula is C20H33N7. The number of guanidine groups is 1. The third-order valence-electron chi connectivity index (χ3n) is 4.47. The topological polar surface area (TPSA) is 70.4 Å². The van der Waals surface area contributed by atoms with Crippen molar-refractivity contribution in [2.75, 3.05) is 20.1 Å². The van der Waals surface area contributed by atoms with E-state index in [4.69, 9.17) is 0 Å². The summed E-state index contributed by atoms with van der Waals surface area (Å²) in [5.41, 5.74) is 1.14. The average Bonchev–Trinajstić information content (AvgIpc) is 3.18. The zero-order valence-electron chi connectivity index (χ0n) is 17.2. The van der Waals surface area contributed by atoms with Crippen molar-refractivity contribution in [1.29, 1.82) is 0 Å². The van der Waals surface area contributed by atoms with E-state index in [0.29, 0.717) is 18.6 Å². The van der Waals surface area contributed by atoms with E-state index in [2.05, 4.69) is 58.2 Å². The minimum atomic E-state index is 0.568. The molecule has 0 aliphatic heterocycles. The van der Waals surface area contributed by atoms with Crippen molar-refractivity contribution < 1.29 is 0 Å². The molecule has 0 aliphatic carbocycles. The molecule has 0 aliphatic rings. The van der Waals surface area contributed by atoms with Crippen LogP contribution in [0.1, 0.15) is 39.7 Å². The zero-order valence-corrected chi connectivity index (χ0v) is 17.2. The molecule has 0 atom stereocenters.